The number of nitrogens with zero attached hydrogens (tertiary/aromatic N) is 3. The Balaban J connectivity index is 1.40. The lowest BCUT2D eigenvalue weighted by atomic mass is 10.1. The van der Waals surface area contributed by atoms with Crippen molar-refractivity contribution in [1.29, 1.82) is 0 Å². The highest BCUT2D eigenvalue weighted by Gasteiger charge is 2.25. The molecule has 2 aromatic heterocycles. The molecule has 0 aliphatic carbocycles. The summed E-state index contributed by atoms with van der Waals surface area (Å²) in [6.07, 6.45) is 3.77. The van der Waals surface area contributed by atoms with Gasteiger partial charge in [0.1, 0.15) is 0 Å². The molecule has 1 amide bonds. The number of fused-ring (bicyclic) bond motifs is 1. The van der Waals surface area contributed by atoms with Gasteiger partial charge >= 0.3 is 0 Å². The van der Waals surface area contributed by atoms with E-state index in [1.54, 1.807) is 23.0 Å². The number of hydrogen-bond acceptors (Lipinski definition) is 5. The van der Waals surface area contributed by atoms with Gasteiger partial charge in [-0.15, -0.1) is 11.3 Å². The lowest BCUT2D eigenvalue weighted by Gasteiger charge is -2.32. The van der Waals surface area contributed by atoms with Gasteiger partial charge in [-0.2, -0.15) is 0 Å². The fraction of sp³-hybridized carbons (Fsp3) is 0.316. The van der Waals surface area contributed by atoms with E-state index >= 15 is 0 Å². The molecule has 1 fully saturated rings. The molecule has 1 atom stereocenters. The molecule has 1 aliphatic rings. The Hall–Kier alpha value is -2.31. The molecule has 3 heterocycles. The number of piperidine rings is 1. The van der Waals surface area contributed by atoms with Gasteiger partial charge in [0.15, 0.2) is 0 Å². The van der Waals surface area contributed by atoms with Crippen LogP contribution in [0, 0.1) is 0 Å². The van der Waals surface area contributed by atoms with Gasteiger partial charge in [-0.1, -0.05) is 6.07 Å². The first-order chi connectivity index (χ1) is 12.3. The maximum Gasteiger partial charge on any atom is 0.253 e. The molecule has 5 nitrogen and oxygen atoms in total. The average Bonchev–Trinajstić information content (AvgIpc) is 3.14. The van der Waals surface area contributed by atoms with E-state index in [2.05, 4.69) is 9.97 Å². The molecule has 1 aliphatic heterocycles. The van der Waals surface area contributed by atoms with Crippen molar-refractivity contribution < 1.29 is 9.53 Å². The second kappa shape index (κ2) is 7.29. The van der Waals surface area contributed by atoms with E-state index in [-0.39, 0.29) is 12.0 Å². The number of benzene rings is 1. The standard InChI is InChI=1S/C19H19N3O2S/c23-19(14-6-7-17-18(10-14)25-13-21-17)22-9-3-5-16(11-22)24-12-15-4-1-2-8-20-15/h1-2,4,6-8,10,13,16H,3,5,9,11-12H2/t16-/m0/s1. The van der Waals surface area contributed by atoms with E-state index in [4.69, 9.17) is 4.74 Å². The number of amides is 1. The lowest BCUT2D eigenvalue weighted by Crippen LogP contribution is -2.43. The van der Waals surface area contributed by atoms with Crippen molar-refractivity contribution in [3.63, 3.8) is 0 Å². The minimum absolute atomic E-state index is 0.0619. The maximum absolute atomic E-state index is 12.8. The van der Waals surface area contributed by atoms with E-state index in [1.807, 2.05) is 41.3 Å². The van der Waals surface area contributed by atoms with Gasteiger partial charge in [-0.3, -0.25) is 9.78 Å². The molecule has 3 aromatic rings. The van der Waals surface area contributed by atoms with Crippen molar-refractivity contribution in [2.45, 2.75) is 25.6 Å². The van der Waals surface area contributed by atoms with Crippen molar-refractivity contribution in [1.82, 2.24) is 14.9 Å². The van der Waals surface area contributed by atoms with E-state index in [9.17, 15) is 4.79 Å². The number of carbonyl (C=O) groups is 1. The van der Waals surface area contributed by atoms with Crippen LogP contribution in [0.3, 0.4) is 0 Å². The van der Waals surface area contributed by atoms with Crippen LogP contribution in [-0.2, 0) is 11.3 Å². The molecule has 1 aromatic carbocycles. The summed E-state index contributed by atoms with van der Waals surface area (Å²) in [5.74, 6) is 0.0708. The summed E-state index contributed by atoms with van der Waals surface area (Å²) < 4.78 is 7.03. The minimum Gasteiger partial charge on any atom is -0.370 e. The van der Waals surface area contributed by atoms with Crippen LogP contribution in [0.5, 0.6) is 0 Å². The van der Waals surface area contributed by atoms with Crippen LogP contribution in [0.4, 0.5) is 0 Å². The van der Waals surface area contributed by atoms with Crippen LogP contribution in [0.2, 0.25) is 0 Å². The zero-order valence-electron chi connectivity index (χ0n) is 13.8. The molecule has 25 heavy (non-hydrogen) atoms. The predicted molar refractivity (Wildman–Crippen MR) is 97.6 cm³/mol. The van der Waals surface area contributed by atoms with Gasteiger partial charge in [0.05, 0.1) is 34.1 Å². The summed E-state index contributed by atoms with van der Waals surface area (Å²) in [5.41, 5.74) is 4.39. The number of hydrogen-bond donors (Lipinski definition) is 0. The first-order valence-corrected chi connectivity index (χ1v) is 9.31. The summed E-state index contributed by atoms with van der Waals surface area (Å²) >= 11 is 1.56. The number of pyridine rings is 1. The van der Waals surface area contributed by atoms with Gasteiger partial charge in [-0.05, 0) is 43.2 Å². The van der Waals surface area contributed by atoms with Crippen LogP contribution in [0.15, 0.2) is 48.1 Å². The molecule has 0 radical (unpaired) electrons. The van der Waals surface area contributed by atoms with Gasteiger partial charge in [0, 0.05) is 24.8 Å². The number of likely N-dealkylation sites (tertiary alicyclic amines) is 1. The highest BCUT2D eigenvalue weighted by atomic mass is 32.1. The normalized spacial score (nSPS) is 17.8. The Morgan fingerprint density at radius 2 is 2.24 bits per heavy atom. The largest absolute Gasteiger partial charge is 0.370 e. The van der Waals surface area contributed by atoms with Crippen LogP contribution in [-0.4, -0.2) is 40.0 Å². The van der Waals surface area contributed by atoms with Crippen LogP contribution < -0.4 is 0 Å². The van der Waals surface area contributed by atoms with Crippen LogP contribution in [0.25, 0.3) is 10.2 Å². The van der Waals surface area contributed by atoms with Gasteiger partial charge in [0.2, 0.25) is 0 Å². The lowest BCUT2D eigenvalue weighted by molar-refractivity contribution is -0.00784. The quantitative estimate of drug-likeness (QED) is 0.720. The number of rotatable bonds is 4. The fourth-order valence-corrected chi connectivity index (χ4v) is 3.83. The highest BCUT2D eigenvalue weighted by Crippen LogP contribution is 2.22. The summed E-state index contributed by atoms with van der Waals surface area (Å²) in [6, 6.07) is 11.5. The van der Waals surface area contributed by atoms with Gasteiger partial charge < -0.3 is 9.64 Å². The Bertz CT molecular complexity index is 865. The molecule has 0 spiro atoms. The van der Waals surface area contributed by atoms with Crippen molar-refractivity contribution in [3.05, 3.63) is 59.4 Å². The molecule has 1 saturated heterocycles. The van der Waals surface area contributed by atoms with Gasteiger partial charge in [0.25, 0.3) is 5.91 Å². The third-order valence-electron chi connectivity index (χ3n) is 4.44. The SMILES string of the molecule is O=C(c1ccc2ncsc2c1)N1CCC[C@H](OCc2ccccn2)C1. The fourth-order valence-electron chi connectivity index (χ4n) is 3.12. The van der Waals surface area contributed by atoms with Crippen LogP contribution >= 0.6 is 11.3 Å². The maximum atomic E-state index is 12.8. The highest BCUT2D eigenvalue weighted by molar-refractivity contribution is 7.16. The van der Waals surface area contributed by atoms with Crippen molar-refractivity contribution in [2.75, 3.05) is 13.1 Å². The van der Waals surface area contributed by atoms with Crippen molar-refractivity contribution in [3.8, 4) is 0 Å². The summed E-state index contributed by atoms with van der Waals surface area (Å²) in [6.45, 7) is 1.90. The second-order valence-corrected chi connectivity index (χ2v) is 7.07. The monoisotopic (exact) mass is 353 g/mol. The molecule has 0 N–H and O–H groups in total. The van der Waals surface area contributed by atoms with Gasteiger partial charge in [-0.25, -0.2) is 4.98 Å². The topological polar surface area (TPSA) is 55.3 Å². The van der Waals surface area contributed by atoms with E-state index < -0.39 is 0 Å². The molecule has 0 saturated carbocycles. The number of carbonyl (C=O) groups excluding carboxylic acids is 1. The summed E-state index contributed by atoms with van der Waals surface area (Å²) in [7, 11) is 0. The van der Waals surface area contributed by atoms with E-state index in [0.29, 0.717) is 13.2 Å². The summed E-state index contributed by atoms with van der Waals surface area (Å²) in [5, 5.41) is 0. The molecule has 4 rings (SSSR count). The van der Waals surface area contributed by atoms with Crippen molar-refractivity contribution >= 4 is 27.5 Å². The Labute approximate surface area is 150 Å². The molecular weight excluding hydrogens is 334 g/mol. The third kappa shape index (κ3) is 3.70. The van der Waals surface area contributed by atoms with E-state index in [1.165, 1.54) is 0 Å². The Kier molecular flexibility index (Phi) is 4.72. The molecule has 6 heteroatoms. The molecular formula is C19H19N3O2S. The number of thiazole rings is 1. The van der Waals surface area contributed by atoms with Crippen LogP contribution in [0.1, 0.15) is 28.9 Å². The zero-order chi connectivity index (χ0) is 17.1. The summed E-state index contributed by atoms with van der Waals surface area (Å²) in [4.78, 5) is 23.3. The Morgan fingerprint density at radius 3 is 3.12 bits per heavy atom. The molecule has 0 unspecified atom stereocenters. The minimum atomic E-state index is 0.0619. The molecule has 128 valence electrons. The number of aromatic nitrogens is 2. The predicted octanol–water partition coefficient (Wildman–Crippen LogP) is 3.51. The Morgan fingerprint density at radius 1 is 1.28 bits per heavy atom. The molecule has 0 bridgehead atoms. The van der Waals surface area contributed by atoms with Crippen molar-refractivity contribution in [2.24, 2.45) is 0 Å². The average molecular weight is 353 g/mol. The number of ether oxygens (including phenoxy) is 1. The second-order valence-electron chi connectivity index (χ2n) is 6.18. The van der Waals surface area contributed by atoms with E-state index in [0.717, 1.165) is 40.9 Å². The smallest absolute Gasteiger partial charge is 0.253 e. The first kappa shape index (κ1) is 16.2. The third-order valence-corrected chi connectivity index (χ3v) is 5.23. The zero-order valence-corrected chi connectivity index (χ0v) is 14.6. The first-order valence-electron chi connectivity index (χ1n) is 8.43.